The minimum Gasteiger partial charge on any atom is -0.369 e. The summed E-state index contributed by atoms with van der Waals surface area (Å²) >= 11 is 0. The van der Waals surface area contributed by atoms with Crippen molar-refractivity contribution in [1.82, 2.24) is 10.3 Å². The third kappa shape index (κ3) is 4.71. The van der Waals surface area contributed by atoms with Gasteiger partial charge in [0.05, 0.1) is 23.1 Å². The molecule has 2 amide bonds. The zero-order valence-electron chi connectivity index (χ0n) is 16.8. The highest BCUT2D eigenvalue weighted by atomic mass is 19.4. The number of likely N-dealkylation sites (N-methyl/N-ethyl adjacent to an activating group) is 1. The highest BCUT2D eigenvalue weighted by Gasteiger charge is 2.45. The molecule has 0 fully saturated rings. The standard InChI is InChI=1S/C20H17F6N5O2/c1-31-15(9-6-10(19(21,22)23)8-11(7-9)20(24,25)26)14(16(32)29-30-18(27)28)12-4-2-3-5-13(12)17(31)33/h2-8,14-15H,1H3,(H,29,32)(H4,27,28,30). The SMILES string of the molecule is CN1C(=O)c2ccccc2C(C(=O)NN=C(N)N)C1c1cc(C(F)(F)F)cc(C(F)(F)F)c1. The molecule has 2 unspecified atom stereocenters. The minimum absolute atomic E-state index is 0.0312. The molecule has 1 aliphatic heterocycles. The molecule has 0 saturated heterocycles. The largest absolute Gasteiger partial charge is 0.416 e. The van der Waals surface area contributed by atoms with E-state index in [-0.39, 0.29) is 17.2 Å². The highest BCUT2D eigenvalue weighted by molar-refractivity contribution is 6.01. The molecule has 0 spiro atoms. The first kappa shape index (κ1) is 23.9. The van der Waals surface area contributed by atoms with E-state index in [1.54, 1.807) is 0 Å². The lowest BCUT2D eigenvalue weighted by Gasteiger charge is -2.39. The van der Waals surface area contributed by atoms with Gasteiger partial charge >= 0.3 is 12.4 Å². The van der Waals surface area contributed by atoms with Crippen LogP contribution >= 0.6 is 0 Å². The molecule has 0 aliphatic carbocycles. The Balaban J connectivity index is 2.27. The van der Waals surface area contributed by atoms with E-state index in [9.17, 15) is 35.9 Å². The molecule has 176 valence electrons. The Bertz CT molecular complexity index is 1090. The summed E-state index contributed by atoms with van der Waals surface area (Å²) in [6.07, 6.45) is -10.2. The summed E-state index contributed by atoms with van der Waals surface area (Å²) in [7, 11) is 1.18. The van der Waals surface area contributed by atoms with Gasteiger partial charge in [-0.05, 0) is 35.4 Å². The van der Waals surface area contributed by atoms with Crippen LogP contribution in [-0.4, -0.2) is 29.7 Å². The first-order valence-electron chi connectivity index (χ1n) is 9.25. The Morgan fingerprint density at radius 2 is 1.55 bits per heavy atom. The van der Waals surface area contributed by atoms with Gasteiger partial charge in [0.25, 0.3) is 5.91 Å². The molecule has 0 saturated carbocycles. The fourth-order valence-corrected chi connectivity index (χ4v) is 3.71. The van der Waals surface area contributed by atoms with Crippen molar-refractivity contribution in [2.24, 2.45) is 16.6 Å². The maximum Gasteiger partial charge on any atom is 0.416 e. The van der Waals surface area contributed by atoms with Crippen LogP contribution in [0.1, 0.15) is 44.6 Å². The second-order valence-electron chi connectivity index (χ2n) is 7.28. The lowest BCUT2D eigenvalue weighted by molar-refractivity contribution is -0.143. The van der Waals surface area contributed by atoms with E-state index < -0.39 is 58.8 Å². The van der Waals surface area contributed by atoms with Gasteiger partial charge in [-0.1, -0.05) is 18.2 Å². The molecule has 2 aromatic rings. The van der Waals surface area contributed by atoms with Crippen LogP contribution in [0.25, 0.3) is 0 Å². The first-order chi connectivity index (χ1) is 15.2. The second kappa shape index (κ2) is 8.30. The number of amides is 2. The van der Waals surface area contributed by atoms with Crippen molar-refractivity contribution in [1.29, 1.82) is 0 Å². The van der Waals surface area contributed by atoms with Crippen LogP contribution in [0.3, 0.4) is 0 Å². The summed E-state index contributed by atoms with van der Waals surface area (Å²) in [5.74, 6) is -3.58. The molecule has 0 bridgehead atoms. The van der Waals surface area contributed by atoms with E-state index in [0.29, 0.717) is 12.1 Å². The zero-order chi connectivity index (χ0) is 24.7. The number of fused-ring (bicyclic) bond motifs is 1. The van der Waals surface area contributed by atoms with Gasteiger partial charge in [0.1, 0.15) is 0 Å². The van der Waals surface area contributed by atoms with Gasteiger partial charge in [-0.15, -0.1) is 5.10 Å². The summed E-state index contributed by atoms with van der Waals surface area (Å²) in [5, 5.41) is 3.37. The highest BCUT2D eigenvalue weighted by Crippen LogP contribution is 2.45. The van der Waals surface area contributed by atoms with Crippen molar-refractivity contribution in [3.63, 3.8) is 0 Å². The molecule has 2 atom stereocenters. The van der Waals surface area contributed by atoms with Crippen LogP contribution in [0, 0.1) is 0 Å². The van der Waals surface area contributed by atoms with E-state index in [1.165, 1.54) is 31.3 Å². The van der Waals surface area contributed by atoms with Crippen molar-refractivity contribution < 1.29 is 35.9 Å². The first-order valence-corrected chi connectivity index (χ1v) is 9.25. The van der Waals surface area contributed by atoms with Gasteiger partial charge in [-0.25, -0.2) is 5.43 Å². The van der Waals surface area contributed by atoms with Gasteiger partial charge in [-0.3, -0.25) is 9.59 Å². The number of guanidine groups is 1. The van der Waals surface area contributed by atoms with Gasteiger partial charge in [0.15, 0.2) is 0 Å². The quantitative estimate of drug-likeness (QED) is 0.275. The Labute approximate surface area is 183 Å². The number of hydrazone groups is 1. The molecule has 7 nitrogen and oxygen atoms in total. The van der Waals surface area contributed by atoms with Crippen LogP contribution in [0.4, 0.5) is 26.3 Å². The lowest BCUT2D eigenvalue weighted by atomic mass is 9.79. The monoisotopic (exact) mass is 473 g/mol. The van der Waals surface area contributed by atoms with E-state index >= 15 is 0 Å². The number of hydrogen-bond donors (Lipinski definition) is 3. The van der Waals surface area contributed by atoms with E-state index in [4.69, 9.17) is 11.5 Å². The number of nitrogens with one attached hydrogen (secondary N) is 1. The van der Waals surface area contributed by atoms with Gasteiger partial charge in [0.2, 0.25) is 11.9 Å². The molecular formula is C20H17F6N5O2. The number of benzene rings is 2. The maximum absolute atomic E-state index is 13.4. The Kier molecular flexibility index (Phi) is 6.00. The fraction of sp³-hybridized carbons (Fsp3) is 0.250. The Morgan fingerprint density at radius 3 is 2.06 bits per heavy atom. The third-order valence-electron chi connectivity index (χ3n) is 5.11. The molecule has 33 heavy (non-hydrogen) atoms. The summed E-state index contributed by atoms with van der Waals surface area (Å²) in [6.45, 7) is 0. The predicted octanol–water partition coefficient (Wildman–Crippen LogP) is 2.94. The van der Waals surface area contributed by atoms with Crippen molar-refractivity contribution in [2.45, 2.75) is 24.3 Å². The molecule has 13 heteroatoms. The number of alkyl halides is 6. The van der Waals surface area contributed by atoms with E-state index in [2.05, 4.69) is 5.10 Å². The smallest absolute Gasteiger partial charge is 0.369 e. The summed E-state index contributed by atoms with van der Waals surface area (Å²) in [4.78, 5) is 26.7. The van der Waals surface area contributed by atoms with Crippen LogP contribution in [0.5, 0.6) is 0 Å². The van der Waals surface area contributed by atoms with Crippen LogP contribution < -0.4 is 16.9 Å². The van der Waals surface area contributed by atoms with Crippen LogP contribution in [0.2, 0.25) is 0 Å². The van der Waals surface area contributed by atoms with Crippen LogP contribution in [0.15, 0.2) is 47.6 Å². The third-order valence-corrected chi connectivity index (χ3v) is 5.11. The van der Waals surface area contributed by atoms with Crippen molar-refractivity contribution >= 4 is 17.8 Å². The molecule has 0 radical (unpaired) electrons. The topological polar surface area (TPSA) is 114 Å². The number of carbonyl (C=O) groups excluding carboxylic acids is 2. The average Bonchev–Trinajstić information content (AvgIpc) is 2.72. The fourth-order valence-electron chi connectivity index (χ4n) is 3.71. The van der Waals surface area contributed by atoms with Gasteiger partial charge in [-0.2, -0.15) is 26.3 Å². The summed E-state index contributed by atoms with van der Waals surface area (Å²) < 4.78 is 80.5. The molecule has 2 aromatic carbocycles. The Hall–Kier alpha value is -3.77. The number of rotatable bonds is 3. The average molecular weight is 473 g/mol. The maximum atomic E-state index is 13.4. The van der Waals surface area contributed by atoms with Gasteiger partial charge in [0, 0.05) is 12.6 Å². The molecule has 1 heterocycles. The van der Waals surface area contributed by atoms with E-state index in [1.807, 2.05) is 5.43 Å². The minimum atomic E-state index is -5.11. The Morgan fingerprint density at radius 1 is 1.00 bits per heavy atom. The predicted molar refractivity (Wildman–Crippen MR) is 104 cm³/mol. The number of nitrogens with two attached hydrogens (primary N) is 2. The number of nitrogens with zero attached hydrogens (tertiary/aromatic N) is 2. The number of halogens is 6. The number of hydrogen-bond acceptors (Lipinski definition) is 3. The summed E-state index contributed by atoms with van der Waals surface area (Å²) in [5.41, 5.74) is 8.90. The molecule has 0 aromatic heterocycles. The number of carbonyl (C=O) groups is 2. The second-order valence-corrected chi connectivity index (χ2v) is 7.28. The normalized spacial score (nSPS) is 18.5. The van der Waals surface area contributed by atoms with Crippen molar-refractivity contribution in [3.05, 3.63) is 70.3 Å². The van der Waals surface area contributed by atoms with Crippen molar-refractivity contribution in [3.8, 4) is 0 Å². The lowest BCUT2D eigenvalue weighted by Crippen LogP contribution is -2.45. The van der Waals surface area contributed by atoms with Crippen LogP contribution in [-0.2, 0) is 17.1 Å². The van der Waals surface area contributed by atoms with Crippen molar-refractivity contribution in [2.75, 3.05) is 7.05 Å². The molecule has 1 aliphatic rings. The van der Waals surface area contributed by atoms with E-state index in [0.717, 1.165) is 4.90 Å². The molecule has 5 N–H and O–H groups in total. The molecular weight excluding hydrogens is 456 g/mol. The van der Waals surface area contributed by atoms with Gasteiger partial charge < -0.3 is 16.4 Å². The zero-order valence-corrected chi connectivity index (χ0v) is 16.8. The summed E-state index contributed by atoms with van der Waals surface area (Å²) in [6, 6.07) is 5.16. The molecule has 3 rings (SSSR count).